The zero-order valence-corrected chi connectivity index (χ0v) is 15.8. The van der Waals surface area contributed by atoms with Gasteiger partial charge in [-0.1, -0.05) is 18.2 Å². The van der Waals surface area contributed by atoms with Crippen molar-refractivity contribution in [3.05, 3.63) is 50.6 Å². The van der Waals surface area contributed by atoms with Crippen LogP contribution in [0.25, 0.3) is 0 Å². The van der Waals surface area contributed by atoms with Crippen molar-refractivity contribution in [2.24, 2.45) is 0 Å². The molecule has 7 heteroatoms. The lowest BCUT2D eigenvalue weighted by atomic mass is 10.0. The monoisotopic (exact) mass is 416 g/mol. The Morgan fingerprint density at radius 2 is 2.17 bits per heavy atom. The summed E-state index contributed by atoms with van der Waals surface area (Å²) in [5.41, 5.74) is 1.04. The van der Waals surface area contributed by atoms with E-state index < -0.39 is 0 Å². The van der Waals surface area contributed by atoms with E-state index >= 15 is 0 Å². The number of carbonyl (C=O) groups excluding carboxylic acids is 1. The van der Waals surface area contributed by atoms with Crippen molar-refractivity contribution in [1.82, 2.24) is 10.2 Å². The number of thiophene rings is 1. The van der Waals surface area contributed by atoms with Gasteiger partial charge in [-0.05, 0) is 33.4 Å². The van der Waals surface area contributed by atoms with Crippen molar-refractivity contribution in [3.8, 4) is 5.75 Å². The molecular weight excluding hydrogens is 400 g/mol. The van der Waals surface area contributed by atoms with E-state index in [4.69, 9.17) is 4.74 Å². The highest BCUT2D eigenvalue weighted by atomic mass is 79.9. The summed E-state index contributed by atoms with van der Waals surface area (Å²) in [5.74, 6) is 0.888. The van der Waals surface area contributed by atoms with Gasteiger partial charge in [0.25, 0.3) is 5.91 Å². The van der Waals surface area contributed by atoms with Gasteiger partial charge in [-0.2, -0.15) is 0 Å². The molecule has 1 aliphatic heterocycles. The molecule has 2 heterocycles. The number of hydrogen-bond acceptors (Lipinski definition) is 4. The molecule has 0 spiro atoms. The van der Waals surface area contributed by atoms with Gasteiger partial charge in [0, 0.05) is 29.7 Å². The number of methoxy groups -OCH3 is 1. The van der Waals surface area contributed by atoms with Gasteiger partial charge >= 0.3 is 0 Å². The van der Waals surface area contributed by atoms with Crippen LogP contribution in [-0.2, 0) is 0 Å². The van der Waals surface area contributed by atoms with Crippen LogP contribution in [0.2, 0.25) is 0 Å². The lowest BCUT2D eigenvalue weighted by molar-refractivity contribution is 0.0636. The van der Waals surface area contributed by atoms with Crippen LogP contribution in [0.1, 0.15) is 21.3 Å². The van der Waals surface area contributed by atoms with Crippen LogP contribution in [0.3, 0.4) is 0 Å². The van der Waals surface area contributed by atoms with Gasteiger partial charge in [0.1, 0.15) is 10.6 Å². The Hall–Kier alpha value is -1.08. The topological polar surface area (TPSA) is 41.6 Å². The minimum absolute atomic E-state index is 0. The molecule has 0 saturated carbocycles. The molecule has 1 aliphatic rings. The van der Waals surface area contributed by atoms with Crippen molar-refractivity contribution >= 4 is 45.6 Å². The van der Waals surface area contributed by atoms with E-state index in [1.54, 1.807) is 7.11 Å². The number of carbonyl (C=O) groups is 1. The van der Waals surface area contributed by atoms with Crippen molar-refractivity contribution in [3.63, 3.8) is 0 Å². The van der Waals surface area contributed by atoms with Crippen molar-refractivity contribution < 1.29 is 9.53 Å². The van der Waals surface area contributed by atoms with E-state index in [9.17, 15) is 4.79 Å². The number of ether oxygens (including phenoxy) is 1. The molecule has 1 aromatic heterocycles. The van der Waals surface area contributed by atoms with Crippen molar-refractivity contribution in [2.45, 2.75) is 6.04 Å². The van der Waals surface area contributed by atoms with Crippen LogP contribution >= 0.6 is 39.7 Å². The Balaban J connectivity index is 0.00000192. The maximum absolute atomic E-state index is 12.9. The first kappa shape index (κ1) is 18.3. The predicted molar refractivity (Wildman–Crippen MR) is 98.9 cm³/mol. The average molecular weight is 418 g/mol. The summed E-state index contributed by atoms with van der Waals surface area (Å²) in [6.45, 7) is 2.22. The predicted octanol–water partition coefficient (Wildman–Crippen LogP) is 3.73. The maximum atomic E-state index is 12.9. The lowest BCUT2D eigenvalue weighted by Crippen LogP contribution is -2.48. The summed E-state index contributed by atoms with van der Waals surface area (Å²) >= 11 is 4.93. The van der Waals surface area contributed by atoms with Gasteiger partial charge in [0.2, 0.25) is 0 Å². The number of rotatable bonds is 3. The molecule has 0 bridgehead atoms. The minimum Gasteiger partial charge on any atom is -0.496 e. The second-order valence-electron chi connectivity index (χ2n) is 5.06. The molecule has 1 amide bonds. The summed E-state index contributed by atoms with van der Waals surface area (Å²) in [5, 5.41) is 5.30. The second-order valence-corrected chi connectivity index (χ2v) is 6.83. The summed E-state index contributed by atoms with van der Waals surface area (Å²) in [7, 11) is 1.66. The van der Waals surface area contributed by atoms with Crippen LogP contribution in [0.5, 0.6) is 5.75 Å². The van der Waals surface area contributed by atoms with Crippen LogP contribution in [0.4, 0.5) is 0 Å². The molecule has 0 radical (unpaired) electrons. The van der Waals surface area contributed by atoms with Crippen LogP contribution in [-0.4, -0.2) is 37.6 Å². The van der Waals surface area contributed by atoms with Crippen LogP contribution in [0, 0.1) is 0 Å². The second kappa shape index (κ2) is 8.15. The molecule has 1 unspecified atom stereocenters. The Morgan fingerprint density at radius 1 is 1.39 bits per heavy atom. The van der Waals surface area contributed by atoms with E-state index in [2.05, 4.69) is 21.2 Å². The van der Waals surface area contributed by atoms with Crippen LogP contribution < -0.4 is 10.1 Å². The Morgan fingerprint density at radius 3 is 2.87 bits per heavy atom. The van der Waals surface area contributed by atoms with E-state index in [1.165, 1.54) is 11.3 Å². The van der Waals surface area contributed by atoms with Gasteiger partial charge in [-0.15, -0.1) is 23.7 Å². The molecule has 1 fully saturated rings. The van der Waals surface area contributed by atoms with Gasteiger partial charge in [0.15, 0.2) is 0 Å². The lowest BCUT2D eigenvalue weighted by Gasteiger charge is -2.37. The normalized spacial score (nSPS) is 17.5. The first-order chi connectivity index (χ1) is 10.7. The molecular formula is C16H18BrClN2O2S. The third-order valence-corrected chi connectivity index (χ3v) is 5.64. The van der Waals surface area contributed by atoms with Gasteiger partial charge in [-0.25, -0.2) is 0 Å². The number of nitrogens with zero attached hydrogens (tertiary/aromatic N) is 1. The fraction of sp³-hybridized carbons (Fsp3) is 0.312. The average Bonchev–Trinajstić information content (AvgIpc) is 3.00. The van der Waals surface area contributed by atoms with Crippen molar-refractivity contribution in [1.29, 1.82) is 0 Å². The maximum Gasteiger partial charge on any atom is 0.265 e. The van der Waals surface area contributed by atoms with Crippen LogP contribution in [0.15, 0.2) is 40.2 Å². The molecule has 2 aromatic rings. The highest BCUT2D eigenvalue weighted by Gasteiger charge is 2.31. The SMILES string of the molecule is COc1ccccc1C1CNCCN1C(=O)c1sccc1Br.Cl. The Labute approximate surface area is 154 Å². The number of piperazine rings is 1. The smallest absolute Gasteiger partial charge is 0.265 e. The van der Waals surface area contributed by atoms with E-state index in [-0.39, 0.29) is 24.4 Å². The summed E-state index contributed by atoms with van der Waals surface area (Å²) in [6.07, 6.45) is 0. The highest BCUT2D eigenvalue weighted by molar-refractivity contribution is 9.10. The third-order valence-electron chi connectivity index (χ3n) is 3.81. The number of amides is 1. The number of hydrogen-bond donors (Lipinski definition) is 1. The largest absolute Gasteiger partial charge is 0.496 e. The molecule has 1 saturated heterocycles. The zero-order valence-electron chi connectivity index (χ0n) is 12.6. The fourth-order valence-corrected chi connectivity index (χ4v) is 4.24. The first-order valence-corrected chi connectivity index (χ1v) is 8.77. The Kier molecular flexibility index (Phi) is 6.47. The molecule has 1 N–H and O–H groups in total. The number of nitrogens with one attached hydrogen (secondary N) is 1. The third kappa shape index (κ3) is 3.71. The summed E-state index contributed by atoms with van der Waals surface area (Å²) < 4.78 is 6.33. The number of benzene rings is 1. The quantitative estimate of drug-likeness (QED) is 0.827. The number of halogens is 2. The van der Waals surface area contributed by atoms with Gasteiger partial charge < -0.3 is 15.0 Å². The first-order valence-electron chi connectivity index (χ1n) is 7.10. The van der Waals surface area contributed by atoms with E-state index in [0.717, 1.165) is 33.8 Å². The fourth-order valence-electron chi connectivity index (χ4n) is 2.74. The van der Waals surface area contributed by atoms with Crippen molar-refractivity contribution in [2.75, 3.05) is 26.7 Å². The molecule has 1 aromatic carbocycles. The Bertz CT molecular complexity index is 680. The summed E-state index contributed by atoms with van der Waals surface area (Å²) in [4.78, 5) is 15.6. The van der Waals surface area contributed by atoms with E-state index in [0.29, 0.717) is 6.54 Å². The minimum atomic E-state index is -0.0219. The molecule has 0 aliphatic carbocycles. The molecule has 3 rings (SSSR count). The standard InChI is InChI=1S/C16H17BrN2O2S.ClH/c1-21-14-5-3-2-4-11(14)13-10-18-7-8-19(13)16(20)15-12(17)6-9-22-15;/h2-6,9,13,18H,7-8,10H2,1H3;1H. The zero-order chi connectivity index (χ0) is 15.5. The molecule has 4 nitrogen and oxygen atoms in total. The van der Waals surface area contributed by atoms with Gasteiger partial charge in [-0.3, -0.25) is 4.79 Å². The molecule has 23 heavy (non-hydrogen) atoms. The molecule has 1 atom stereocenters. The van der Waals surface area contributed by atoms with E-state index in [1.807, 2.05) is 40.6 Å². The van der Waals surface area contributed by atoms with Gasteiger partial charge in [0.05, 0.1) is 13.2 Å². The number of para-hydroxylation sites is 1. The summed E-state index contributed by atoms with van der Waals surface area (Å²) in [6, 6.07) is 9.79. The molecule has 124 valence electrons. The highest BCUT2D eigenvalue weighted by Crippen LogP contribution is 2.33.